The second kappa shape index (κ2) is 12.6. The first kappa shape index (κ1) is 28.9. The Hall–Kier alpha value is -2.30. The summed E-state index contributed by atoms with van der Waals surface area (Å²) in [4.78, 5) is 24.3. The minimum Gasteiger partial charge on any atom is -0.352 e. The van der Waals surface area contributed by atoms with E-state index >= 15 is 0 Å². The first-order chi connectivity index (χ1) is 16.3. The zero-order chi connectivity index (χ0) is 26.2. The zero-order valence-corrected chi connectivity index (χ0v) is 19.9. The van der Waals surface area contributed by atoms with Gasteiger partial charge in [0, 0.05) is 18.2 Å². The van der Waals surface area contributed by atoms with Crippen molar-refractivity contribution < 1.29 is 35.9 Å². The van der Waals surface area contributed by atoms with Crippen LogP contribution in [-0.4, -0.2) is 37.5 Å². The summed E-state index contributed by atoms with van der Waals surface area (Å²) in [6.45, 7) is 5.13. The van der Waals surface area contributed by atoms with Crippen LogP contribution in [0.4, 0.5) is 26.3 Å². The number of carbonyl (C=O) groups excluding carboxylic acids is 2. The fraction of sp³-hybridized carbons (Fsp3) is 0.667. The normalized spacial score (nSPS) is 19.0. The Morgan fingerprint density at radius 1 is 0.857 bits per heavy atom. The summed E-state index contributed by atoms with van der Waals surface area (Å²) < 4.78 is 78.0. The SMILES string of the molecule is CCC(CC)NC(=O)CNCC1CCC(CNC(=O)c2cc(C(F)(F)F)cc(C(F)(F)F)c2)CC1. The van der Waals surface area contributed by atoms with Crippen molar-refractivity contribution in [3.05, 3.63) is 34.9 Å². The van der Waals surface area contributed by atoms with E-state index in [-0.39, 0.29) is 37.0 Å². The third kappa shape index (κ3) is 9.35. The quantitative estimate of drug-likeness (QED) is 0.382. The van der Waals surface area contributed by atoms with Crippen molar-refractivity contribution in [2.45, 2.75) is 70.8 Å². The highest BCUT2D eigenvalue weighted by Gasteiger charge is 2.37. The Balaban J connectivity index is 1.80. The molecule has 0 heterocycles. The van der Waals surface area contributed by atoms with Crippen LogP contribution in [0.1, 0.15) is 73.9 Å². The maximum Gasteiger partial charge on any atom is 0.416 e. The Kier molecular flexibility index (Phi) is 10.4. The third-order valence-corrected chi connectivity index (χ3v) is 6.44. The standard InChI is InChI=1S/C24H33F6N3O2/c1-3-20(4-2)33-21(34)14-31-12-15-5-7-16(8-6-15)13-32-22(35)17-9-18(23(25,26)27)11-19(10-17)24(28,29)30/h9-11,15-16,20,31H,3-8,12-14H2,1-2H3,(H,32,35)(H,33,34). The van der Waals surface area contributed by atoms with Gasteiger partial charge in [0.2, 0.25) is 5.91 Å². The number of benzene rings is 1. The van der Waals surface area contributed by atoms with Crippen LogP contribution in [0, 0.1) is 11.8 Å². The molecule has 0 spiro atoms. The molecule has 0 unspecified atom stereocenters. The fourth-order valence-corrected chi connectivity index (χ4v) is 4.23. The molecule has 5 nitrogen and oxygen atoms in total. The van der Waals surface area contributed by atoms with Crippen LogP contribution in [0.2, 0.25) is 0 Å². The maximum atomic E-state index is 13.0. The summed E-state index contributed by atoms with van der Waals surface area (Å²) in [6, 6.07) is 1.05. The molecule has 1 aliphatic rings. The lowest BCUT2D eigenvalue weighted by atomic mass is 9.82. The Morgan fingerprint density at radius 3 is 1.80 bits per heavy atom. The van der Waals surface area contributed by atoms with E-state index in [9.17, 15) is 35.9 Å². The molecule has 0 saturated heterocycles. The summed E-state index contributed by atoms with van der Waals surface area (Å²) in [5, 5.41) is 8.61. The van der Waals surface area contributed by atoms with Crippen molar-refractivity contribution in [3.63, 3.8) is 0 Å². The smallest absolute Gasteiger partial charge is 0.352 e. The predicted molar refractivity (Wildman–Crippen MR) is 120 cm³/mol. The van der Waals surface area contributed by atoms with Crippen LogP contribution in [0.3, 0.4) is 0 Å². The summed E-state index contributed by atoms with van der Waals surface area (Å²) in [5.74, 6) is -0.561. The van der Waals surface area contributed by atoms with E-state index in [1.165, 1.54) is 0 Å². The van der Waals surface area contributed by atoms with Crippen LogP contribution in [0.5, 0.6) is 0 Å². The lowest BCUT2D eigenvalue weighted by molar-refractivity contribution is -0.143. The molecule has 1 aliphatic carbocycles. The van der Waals surface area contributed by atoms with Gasteiger partial charge in [0.05, 0.1) is 17.7 Å². The van der Waals surface area contributed by atoms with E-state index in [2.05, 4.69) is 16.0 Å². The molecule has 0 bridgehead atoms. The van der Waals surface area contributed by atoms with Crippen molar-refractivity contribution in [1.82, 2.24) is 16.0 Å². The van der Waals surface area contributed by atoms with Crippen molar-refractivity contribution in [1.29, 1.82) is 0 Å². The number of amides is 2. The van der Waals surface area contributed by atoms with Gasteiger partial charge in [-0.1, -0.05) is 13.8 Å². The largest absolute Gasteiger partial charge is 0.416 e. The summed E-state index contributed by atoms with van der Waals surface area (Å²) in [7, 11) is 0. The molecule has 0 radical (unpaired) electrons. The van der Waals surface area contributed by atoms with Crippen molar-refractivity contribution in [3.8, 4) is 0 Å². The maximum absolute atomic E-state index is 13.0. The molecule has 35 heavy (non-hydrogen) atoms. The highest BCUT2D eigenvalue weighted by Crippen LogP contribution is 2.36. The Bertz CT molecular complexity index is 812. The fourth-order valence-electron chi connectivity index (χ4n) is 4.23. The molecule has 2 rings (SSSR count). The lowest BCUT2D eigenvalue weighted by Gasteiger charge is -2.29. The summed E-state index contributed by atoms with van der Waals surface area (Å²) >= 11 is 0. The van der Waals surface area contributed by atoms with Gasteiger partial charge < -0.3 is 16.0 Å². The van der Waals surface area contributed by atoms with Gasteiger partial charge in [0.15, 0.2) is 0 Å². The topological polar surface area (TPSA) is 70.2 Å². The lowest BCUT2D eigenvalue weighted by Crippen LogP contribution is -2.41. The number of hydrogen-bond donors (Lipinski definition) is 3. The van der Waals surface area contributed by atoms with Gasteiger partial charge in [0.25, 0.3) is 5.91 Å². The van der Waals surface area contributed by atoms with E-state index in [1.54, 1.807) is 0 Å². The van der Waals surface area contributed by atoms with Gasteiger partial charge in [0.1, 0.15) is 0 Å². The number of carbonyl (C=O) groups is 2. The number of rotatable bonds is 10. The number of nitrogens with one attached hydrogen (secondary N) is 3. The molecule has 1 aromatic carbocycles. The van der Waals surface area contributed by atoms with Crippen LogP contribution in [0.25, 0.3) is 0 Å². The molecule has 0 aromatic heterocycles. The van der Waals surface area contributed by atoms with Gasteiger partial charge in [-0.15, -0.1) is 0 Å². The first-order valence-electron chi connectivity index (χ1n) is 11.9. The van der Waals surface area contributed by atoms with E-state index in [1.807, 2.05) is 13.8 Å². The molecule has 1 aromatic rings. The number of halogens is 6. The van der Waals surface area contributed by atoms with Crippen LogP contribution >= 0.6 is 0 Å². The second-order valence-corrected chi connectivity index (χ2v) is 9.10. The van der Waals surface area contributed by atoms with E-state index in [0.717, 1.165) is 38.5 Å². The molecule has 2 amide bonds. The van der Waals surface area contributed by atoms with E-state index < -0.39 is 35.0 Å². The molecule has 198 valence electrons. The molecule has 11 heteroatoms. The van der Waals surface area contributed by atoms with Crippen molar-refractivity contribution in [2.75, 3.05) is 19.6 Å². The van der Waals surface area contributed by atoms with Gasteiger partial charge >= 0.3 is 12.4 Å². The van der Waals surface area contributed by atoms with Crippen LogP contribution in [0.15, 0.2) is 18.2 Å². The number of alkyl halides is 6. The van der Waals surface area contributed by atoms with E-state index in [0.29, 0.717) is 24.6 Å². The average molecular weight is 510 g/mol. The molecule has 0 aliphatic heterocycles. The Morgan fingerprint density at radius 2 is 1.34 bits per heavy atom. The minimum absolute atomic E-state index is 0.00165. The first-order valence-corrected chi connectivity index (χ1v) is 11.9. The summed E-state index contributed by atoms with van der Waals surface area (Å²) in [6.07, 6.45) is -5.02. The highest BCUT2D eigenvalue weighted by atomic mass is 19.4. The van der Waals surface area contributed by atoms with Crippen LogP contribution < -0.4 is 16.0 Å². The third-order valence-electron chi connectivity index (χ3n) is 6.44. The molecular formula is C24H33F6N3O2. The van der Waals surface area contributed by atoms with Crippen LogP contribution in [-0.2, 0) is 17.1 Å². The van der Waals surface area contributed by atoms with Gasteiger partial charge in [-0.2, -0.15) is 26.3 Å². The summed E-state index contributed by atoms with van der Waals surface area (Å²) in [5.41, 5.74) is -3.70. The molecule has 1 saturated carbocycles. The van der Waals surface area contributed by atoms with Gasteiger partial charge in [-0.3, -0.25) is 9.59 Å². The van der Waals surface area contributed by atoms with Crippen molar-refractivity contribution >= 4 is 11.8 Å². The average Bonchev–Trinajstić information content (AvgIpc) is 2.80. The Labute approximate surface area is 201 Å². The second-order valence-electron chi connectivity index (χ2n) is 9.10. The molecule has 0 atom stereocenters. The van der Waals surface area contributed by atoms with Gasteiger partial charge in [-0.25, -0.2) is 0 Å². The minimum atomic E-state index is -5.00. The highest BCUT2D eigenvalue weighted by molar-refractivity contribution is 5.94. The zero-order valence-electron chi connectivity index (χ0n) is 19.9. The molecule has 3 N–H and O–H groups in total. The predicted octanol–water partition coefficient (Wildman–Crippen LogP) is 5.15. The van der Waals surface area contributed by atoms with Crippen molar-refractivity contribution in [2.24, 2.45) is 11.8 Å². The number of hydrogen-bond acceptors (Lipinski definition) is 3. The monoisotopic (exact) mass is 509 g/mol. The van der Waals surface area contributed by atoms with E-state index in [4.69, 9.17) is 0 Å². The van der Waals surface area contributed by atoms with Gasteiger partial charge in [-0.05, 0) is 75.1 Å². The molecule has 1 fully saturated rings. The molecular weight excluding hydrogens is 476 g/mol.